The number of hydrogen-bond acceptors (Lipinski definition) is 4. The zero-order valence-electron chi connectivity index (χ0n) is 14.2. The highest BCUT2D eigenvalue weighted by Gasteiger charge is 2.13. The molecule has 3 rings (SSSR count). The van der Waals surface area contributed by atoms with Crippen LogP contribution in [0.5, 0.6) is 5.75 Å². The van der Waals surface area contributed by atoms with Gasteiger partial charge in [-0.2, -0.15) is 0 Å². The summed E-state index contributed by atoms with van der Waals surface area (Å²) in [5, 5.41) is 3.68. The van der Waals surface area contributed by atoms with Crippen molar-refractivity contribution >= 4 is 16.9 Å². The number of para-hydroxylation sites is 1. The Labute approximate surface area is 145 Å². The minimum absolute atomic E-state index is 0.228. The van der Waals surface area contributed by atoms with E-state index in [0.717, 1.165) is 22.9 Å². The van der Waals surface area contributed by atoms with Crippen LogP contribution in [0.15, 0.2) is 57.7 Å². The van der Waals surface area contributed by atoms with E-state index in [1.165, 1.54) is 13.2 Å². The zero-order valence-corrected chi connectivity index (χ0v) is 14.2. The summed E-state index contributed by atoms with van der Waals surface area (Å²) in [6.45, 7) is 2.29. The molecule has 0 bridgehead atoms. The molecule has 1 aromatic heterocycles. The van der Waals surface area contributed by atoms with E-state index in [4.69, 9.17) is 9.15 Å². The lowest BCUT2D eigenvalue weighted by atomic mass is 10.1. The van der Waals surface area contributed by atoms with Crippen molar-refractivity contribution in [2.75, 3.05) is 7.11 Å². The van der Waals surface area contributed by atoms with Gasteiger partial charge in [-0.1, -0.05) is 25.1 Å². The number of ether oxygens (including phenoxy) is 1. The molecule has 5 heteroatoms. The van der Waals surface area contributed by atoms with Gasteiger partial charge in [-0.3, -0.25) is 4.79 Å². The van der Waals surface area contributed by atoms with Crippen molar-refractivity contribution < 1.29 is 13.9 Å². The minimum atomic E-state index is -0.432. The predicted molar refractivity (Wildman–Crippen MR) is 96.0 cm³/mol. The van der Waals surface area contributed by atoms with Gasteiger partial charge < -0.3 is 14.5 Å². The third-order valence-electron chi connectivity index (χ3n) is 4.09. The highest BCUT2D eigenvalue weighted by Crippen LogP contribution is 2.20. The Kier molecular flexibility index (Phi) is 4.84. The van der Waals surface area contributed by atoms with Crippen molar-refractivity contribution in [2.45, 2.75) is 19.9 Å². The number of methoxy groups -OCH3 is 1. The smallest absolute Gasteiger partial charge is 0.336 e. The molecular weight excluding hydrogens is 318 g/mol. The van der Waals surface area contributed by atoms with Gasteiger partial charge in [0.25, 0.3) is 5.91 Å². The molecular formula is C20H19NO4. The summed E-state index contributed by atoms with van der Waals surface area (Å²) in [5.74, 6) is 0.246. The molecule has 0 aliphatic carbocycles. The summed E-state index contributed by atoms with van der Waals surface area (Å²) in [5.41, 5.74) is 2.40. The van der Waals surface area contributed by atoms with Crippen molar-refractivity contribution in [3.8, 4) is 5.75 Å². The number of benzene rings is 2. The summed E-state index contributed by atoms with van der Waals surface area (Å²) in [7, 11) is 1.52. The lowest BCUT2D eigenvalue weighted by molar-refractivity contribution is 0.0948. The first-order valence-electron chi connectivity index (χ1n) is 8.09. The first-order chi connectivity index (χ1) is 12.1. The molecule has 0 unspecified atom stereocenters. The molecule has 3 aromatic rings. The van der Waals surface area contributed by atoms with Gasteiger partial charge in [0.05, 0.1) is 12.7 Å². The van der Waals surface area contributed by atoms with E-state index in [1.807, 2.05) is 12.1 Å². The fraction of sp³-hybridized carbons (Fsp3) is 0.200. The third kappa shape index (κ3) is 3.55. The monoisotopic (exact) mass is 337 g/mol. The first-order valence-corrected chi connectivity index (χ1v) is 8.09. The second-order valence-electron chi connectivity index (χ2n) is 5.66. The van der Waals surface area contributed by atoms with E-state index in [9.17, 15) is 9.59 Å². The molecule has 0 aliphatic heterocycles. The van der Waals surface area contributed by atoms with Gasteiger partial charge in [0.1, 0.15) is 11.3 Å². The minimum Gasteiger partial charge on any atom is -0.496 e. The number of rotatable bonds is 5. The van der Waals surface area contributed by atoms with Crippen LogP contribution in [0.25, 0.3) is 11.0 Å². The Balaban J connectivity index is 1.90. The van der Waals surface area contributed by atoms with Crippen molar-refractivity contribution in [3.63, 3.8) is 0 Å². The average molecular weight is 337 g/mol. The molecule has 1 N–H and O–H groups in total. The third-order valence-corrected chi connectivity index (χ3v) is 4.09. The molecule has 0 aliphatic rings. The summed E-state index contributed by atoms with van der Waals surface area (Å²) in [4.78, 5) is 24.2. The normalized spacial score (nSPS) is 10.6. The molecule has 25 heavy (non-hydrogen) atoms. The van der Waals surface area contributed by atoms with Gasteiger partial charge in [0.15, 0.2) is 0 Å². The summed E-state index contributed by atoms with van der Waals surface area (Å²) < 4.78 is 10.5. The van der Waals surface area contributed by atoms with Gasteiger partial charge in [0.2, 0.25) is 0 Å². The Morgan fingerprint density at radius 1 is 1.16 bits per heavy atom. The Morgan fingerprint density at radius 3 is 2.72 bits per heavy atom. The van der Waals surface area contributed by atoms with E-state index >= 15 is 0 Å². The first kappa shape index (κ1) is 16.8. The van der Waals surface area contributed by atoms with E-state index in [-0.39, 0.29) is 12.5 Å². The average Bonchev–Trinajstić information content (AvgIpc) is 2.65. The molecule has 0 saturated heterocycles. The topological polar surface area (TPSA) is 68.5 Å². The molecule has 0 radical (unpaired) electrons. The fourth-order valence-corrected chi connectivity index (χ4v) is 2.74. The quantitative estimate of drug-likeness (QED) is 0.725. The van der Waals surface area contributed by atoms with Crippen LogP contribution < -0.4 is 15.7 Å². The van der Waals surface area contributed by atoms with Crippen molar-refractivity contribution in [3.05, 3.63) is 75.6 Å². The molecule has 1 heterocycles. The van der Waals surface area contributed by atoms with Gasteiger partial charge in [-0.05, 0) is 41.8 Å². The lowest BCUT2D eigenvalue weighted by Crippen LogP contribution is -2.24. The van der Waals surface area contributed by atoms with E-state index in [1.54, 1.807) is 30.3 Å². The molecule has 2 aromatic carbocycles. The zero-order chi connectivity index (χ0) is 17.8. The summed E-state index contributed by atoms with van der Waals surface area (Å²) >= 11 is 0. The van der Waals surface area contributed by atoms with Crippen LogP contribution in [-0.4, -0.2) is 13.0 Å². The molecule has 0 spiro atoms. The van der Waals surface area contributed by atoms with Crippen LogP contribution >= 0.6 is 0 Å². The Hall–Kier alpha value is -3.08. The SMILES string of the molecule is CCc1ccc2oc(=O)cc(CNC(=O)c3ccccc3OC)c2c1. The van der Waals surface area contributed by atoms with Crippen LogP contribution in [0.1, 0.15) is 28.4 Å². The van der Waals surface area contributed by atoms with Crippen molar-refractivity contribution in [2.24, 2.45) is 0 Å². The van der Waals surface area contributed by atoms with Gasteiger partial charge >= 0.3 is 5.63 Å². The Morgan fingerprint density at radius 2 is 1.96 bits per heavy atom. The van der Waals surface area contributed by atoms with Gasteiger partial charge in [-0.15, -0.1) is 0 Å². The fourth-order valence-electron chi connectivity index (χ4n) is 2.74. The number of carbonyl (C=O) groups excluding carboxylic acids is 1. The van der Waals surface area contributed by atoms with E-state index in [2.05, 4.69) is 12.2 Å². The lowest BCUT2D eigenvalue weighted by Gasteiger charge is -2.10. The molecule has 0 atom stereocenters. The molecule has 5 nitrogen and oxygen atoms in total. The molecule has 0 fully saturated rings. The van der Waals surface area contributed by atoms with Crippen LogP contribution in [0.3, 0.4) is 0 Å². The maximum absolute atomic E-state index is 12.4. The van der Waals surface area contributed by atoms with Crippen molar-refractivity contribution in [1.29, 1.82) is 0 Å². The van der Waals surface area contributed by atoms with Crippen molar-refractivity contribution in [1.82, 2.24) is 5.32 Å². The largest absolute Gasteiger partial charge is 0.496 e. The number of hydrogen-bond donors (Lipinski definition) is 1. The number of amides is 1. The second kappa shape index (κ2) is 7.21. The standard InChI is InChI=1S/C20H19NO4/c1-3-13-8-9-18-16(10-13)14(11-19(22)25-18)12-21-20(23)15-6-4-5-7-17(15)24-2/h4-11H,3,12H2,1-2H3,(H,21,23). The summed E-state index contributed by atoms with van der Waals surface area (Å²) in [6, 6.07) is 14.1. The maximum Gasteiger partial charge on any atom is 0.336 e. The Bertz CT molecular complexity index is 975. The number of aryl methyl sites for hydroxylation is 1. The number of fused-ring (bicyclic) bond motifs is 1. The van der Waals surface area contributed by atoms with Crippen LogP contribution in [-0.2, 0) is 13.0 Å². The number of carbonyl (C=O) groups is 1. The summed E-state index contributed by atoms with van der Waals surface area (Å²) in [6.07, 6.45) is 0.877. The molecule has 1 amide bonds. The van der Waals surface area contributed by atoms with Crippen LogP contribution in [0, 0.1) is 0 Å². The predicted octanol–water partition coefficient (Wildman–Crippen LogP) is 3.29. The highest BCUT2D eigenvalue weighted by molar-refractivity contribution is 5.97. The highest BCUT2D eigenvalue weighted by atomic mass is 16.5. The van der Waals surface area contributed by atoms with Gasteiger partial charge in [0, 0.05) is 18.0 Å². The maximum atomic E-state index is 12.4. The number of nitrogens with one attached hydrogen (secondary N) is 1. The van der Waals surface area contributed by atoms with Crippen LogP contribution in [0.4, 0.5) is 0 Å². The molecule has 0 saturated carbocycles. The van der Waals surface area contributed by atoms with E-state index in [0.29, 0.717) is 16.9 Å². The van der Waals surface area contributed by atoms with E-state index < -0.39 is 5.63 Å². The van der Waals surface area contributed by atoms with Crippen LogP contribution in [0.2, 0.25) is 0 Å². The molecule has 128 valence electrons. The second-order valence-corrected chi connectivity index (χ2v) is 5.66. The van der Waals surface area contributed by atoms with Gasteiger partial charge in [-0.25, -0.2) is 4.79 Å².